The summed E-state index contributed by atoms with van der Waals surface area (Å²) in [4.78, 5) is 16.6. The zero-order chi connectivity index (χ0) is 17.6. The summed E-state index contributed by atoms with van der Waals surface area (Å²) >= 11 is 1.50. The number of thiazole rings is 1. The van der Waals surface area contributed by atoms with Gasteiger partial charge in [-0.15, -0.1) is 11.3 Å². The van der Waals surface area contributed by atoms with Gasteiger partial charge in [-0.1, -0.05) is 44.2 Å². The van der Waals surface area contributed by atoms with E-state index in [2.05, 4.69) is 24.1 Å². The van der Waals surface area contributed by atoms with E-state index >= 15 is 0 Å². The average molecular weight is 352 g/mol. The van der Waals surface area contributed by atoms with E-state index in [1.165, 1.54) is 11.3 Å². The van der Waals surface area contributed by atoms with Crippen molar-refractivity contribution >= 4 is 32.5 Å². The van der Waals surface area contributed by atoms with Gasteiger partial charge < -0.3 is 9.73 Å². The summed E-state index contributed by atoms with van der Waals surface area (Å²) in [5.74, 6) is 0. The third-order valence-electron chi connectivity index (χ3n) is 3.67. The summed E-state index contributed by atoms with van der Waals surface area (Å²) in [7, 11) is 0. The second kappa shape index (κ2) is 8.05. The maximum absolute atomic E-state index is 12.1. The van der Waals surface area contributed by atoms with Gasteiger partial charge in [-0.25, -0.2) is 9.78 Å². The van der Waals surface area contributed by atoms with E-state index < -0.39 is 0 Å². The van der Waals surface area contributed by atoms with E-state index in [9.17, 15) is 4.79 Å². The van der Waals surface area contributed by atoms with E-state index in [-0.39, 0.29) is 5.63 Å². The molecule has 4 aromatic rings. The van der Waals surface area contributed by atoms with Crippen molar-refractivity contribution in [2.45, 2.75) is 13.8 Å². The summed E-state index contributed by atoms with van der Waals surface area (Å²) in [6.07, 6.45) is 0. The van der Waals surface area contributed by atoms with E-state index in [0.717, 1.165) is 28.7 Å². The zero-order valence-electron chi connectivity index (χ0n) is 14.3. The Bertz CT molecular complexity index is 1000. The molecule has 0 amide bonds. The number of hydrogen-bond acceptors (Lipinski definition) is 5. The minimum Gasteiger partial charge on any atom is -0.422 e. The van der Waals surface area contributed by atoms with Crippen molar-refractivity contribution in [3.05, 3.63) is 65.0 Å². The third kappa shape index (κ3) is 3.95. The van der Waals surface area contributed by atoms with Gasteiger partial charge in [-0.3, -0.25) is 0 Å². The van der Waals surface area contributed by atoms with Crippen molar-refractivity contribution < 1.29 is 4.42 Å². The topological polar surface area (TPSA) is 55.1 Å². The highest BCUT2D eigenvalue weighted by atomic mass is 32.1. The quantitative estimate of drug-likeness (QED) is 0.544. The number of aromatic nitrogens is 1. The molecule has 128 valence electrons. The minimum absolute atomic E-state index is 0.345. The van der Waals surface area contributed by atoms with Crippen LogP contribution in [0.4, 0.5) is 0 Å². The molecule has 0 spiro atoms. The molecular formula is C20H20N2O2S. The second-order valence-electron chi connectivity index (χ2n) is 5.43. The monoisotopic (exact) mass is 352 g/mol. The van der Waals surface area contributed by atoms with E-state index in [1.807, 2.05) is 48.5 Å². The summed E-state index contributed by atoms with van der Waals surface area (Å²) < 4.78 is 6.42. The summed E-state index contributed by atoms with van der Waals surface area (Å²) in [5.41, 5.74) is 1.68. The van der Waals surface area contributed by atoms with Gasteiger partial charge in [-0.2, -0.15) is 0 Å². The van der Waals surface area contributed by atoms with E-state index in [1.54, 1.807) is 6.07 Å². The molecule has 0 bridgehead atoms. The molecular weight excluding hydrogens is 332 g/mol. The molecule has 0 atom stereocenters. The lowest BCUT2D eigenvalue weighted by Crippen LogP contribution is -2.09. The van der Waals surface area contributed by atoms with Crippen LogP contribution in [0.2, 0.25) is 0 Å². The normalized spacial score (nSPS) is 10.6. The first kappa shape index (κ1) is 17.3. The van der Waals surface area contributed by atoms with Crippen LogP contribution < -0.4 is 10.9 Å². The standard InChI is InChI=1S/C16H9NO2S.C4H11N/c18-16-11(9-10-5-1-3-7-13(10)19-16)15-17-12-6-2-4-8-14(12)20-15;1-3-5-4-2/h1-9H;5H,3-4H2,1-2H3. The predicted octanol–water partition coefficient (Wildman–Crippen LogP) is 4.69. The van der Waals surface area contributed by atoms with Crippen LogP contribution in [0.3, 0.4) is 0 Å². The van der Waals surface area contributed by atoms with Crippen LogP contribution >= 0.6 is 11.3 Å². The molecule has 25 heavy (non-hydrogen) atoms. The summed E-state index contributed by atoms with van der Waals surface area (Å²) in [5, 5.41) is 4.71. The highest BCUT2D eigenvalue weighted by molar-refractivity contribution is 7.21. The third-order valence-corrected chi connectivity index (χ3v) is 4.74. The molecule has 0 aliphatic carbocycles. The summed E-state index contributed by atoms with van der Waals surface area (Å²) in [6.45, 7) is 6.39. The molecule has 4 rings (SSSR count). The molecule has 0 aliphatic rings. The molecule has 2 aromatic heterocycles. The lowest BCUT2D eigenvalue weighted by molar-refractivity contribution is 0.563. The Morgan fingerprint density at radius 3 is 2.48 bits per heavy atom. The molecule has 0 fully saturated rings. The van der Waals surface area contributed by atoms with Gasteiger partial charge in [0.05, 0.1) is 15.8 Å². The Morgan fingerprint density at radius 1 is 1.04 bits per heavy atom. The van der Waals surface area contributed by atoms with Crippen molar-refractivity contribution in [2.75, 3.05) is 13.1 Å². The lowest BCUT2D eigenvalue weighted by Gasteiger charge is -1.98. The molecule has 0 saturated heterocycles. The van der Waals surface area contributed by atoms with Crippen molar-refractivity contribution in [3.63, 3.8) is 0 Å². The first-order valence-electron chi connectivity index (χ1n) is 8.32. The van der Waals surface area contributed by atoms with Crippen LogP contribution in [-0.2, 0) is 0 Å². The van der Waals surface area contributed by atoms with E-state index in [0.29, 0.717) is 16.2 Å². The van der Waals surface area contributed by atoms with Crippen molar-refractivity contribution in [2.24, 2.45) is 0 Å². The highest BCUT2D eigenvalue weighted by Gasteiger charge is 2.12. The average Bonchev–Trinajstić information content (AvgIpc) is 3.06. The summed E-state index contributed by atoms with van der Waals surface area (Å²) in [6, 6.07) is 17.2. The van der Waals surface area contributed by atoms with Crippen LogP contribution in [0.15, 0.2) is 63.8 Å². The van der Waals surface area contributed by atoms with Crippen LogP contribution in [0.1, 0.15) is 13.8 Å². The second-order valence-corrected chi connectivity index (χ2v) is 6.46. The van der Waals surface area contributed by atoms with Crippen LogP contribution in [-0.4, -0.2) is 18.1 Å². The van der Waals surface area contributed by atoms with Gasteiger partial charge in [0.25, 0.3) is 0 Å². The molecule has 2 heterocycles. The largest absolute Gasteiger partial charge is 0.422 e. The molecule has 0 unspecified atom stereocenters. The first-order valence-corrected chi connectivity index (χ1v) is 9.14. The Kier molecular flexibility index (Phi) is 5.58. The molecule has 4 nitrogen and oxygen atoms in total. The smallest absolute Gasteiger partial charge is 0.346 e. The fraction of sp³-hybridized carbons (Fsp3) is 0.200. The number of hydrogen-bond donors (Lipinski definition) is 1. The number of fused-ring (bicyclic) bond motifs is 2. The number of benzene rings is 2. The predicted molar refractivity (Wildman–Crippen MR) is 105 cm³/mol. The number of rotatable bonds is 3. The SMILES string of the molecule is CCNCC.O=c1oc2ccccc2cc1-c1nc2ccccc2s1. The Hall–Kier alpha value is -2.50. The Morgan fingerprint density at radius 2 is 1.76 bits per heavy atom. The fourth-order valence-corrected chi connectivity index (χ4v) is 3.42. The molecule has 2 aromatic carbocycles. The van der Waals surface area contributed by atoms with Crippen molar-refractivity contribution in [3.8, 4) is 10.6 Å². The lowest BCUT2D eigenvalue weighted by atomic mass is 10.2. The Labute approximate surface area is 150 Å². The number of para-hydroxylation sites is 2. The molecule has 0 aliphatic heterocycles. The van der Waals surface area contributed by atoms with Crippen molar-refractivity contribution in [1.82, 2.24) is 10.3 Å². The molecule has 0 saturated carbocycles. The molecule has 1 N–H and O–H groups in total. The first-order chi connectivity index (χ1) is 12.2. The van der Waals surface area contributed by atoms with Crippen LogP contribution in [0, 0.1) is 0 Å². The number of nitrogens with one attached hydrogen (secondary N) is 1. The molecule has 5 heteroatoms. The zero-order valence-corrected chi connectivity index (χ0v) is 15.1. The van der Waals surface area contributed by atoms with Gasteiger partial charge in [0, 0.05) is 5.39 Å². The maximum Gasteiger partial charge on any atom is 0.346 e. The van der Waals surface area contributed by atoms with Gasteiger partial charge in [0.2, 0.25) is 0 Å². The van der Waals surface area contributed by atoms with Gasteiger partial charge >= 0.3 is 5.63 Å². The van der Waals surface area contributed by atoms with Gasteiger partial charge in [0.15, 0.2) is 0 Å². The number of nitrogens with zero attached hydrogens (tertiary/aromatic N) is 1. The Balaban J connectivity index is 0.000000324. The van der Waals surface area contributed by atoms with Crippen LogP contribution in [0.25, 0.3) is 31.8 Å². The van der Waals surface area contributed by atoms with Gasteiger partial charge in [0.1, 0.15) is 10.6 Å². The molecule has 0 radical (unpaired) electrons. The van der Waals surface area contributed by atoms with Gasteiger partial charge in [-0.05, 0) is 37.4 Å². The van der Waals surface area contributed by atoms with Crippen molar-refractivity contribution in [1.29, 1.82) is 0 Å². The fourth-order valence-electron chi connectivity index (χ4n) is 2.45. The maximum atomic E-state index is 12.1. The van der Waals surface area contributed by atoms with E-state index in [4.69, 9.17) is 4.42 Å². The van der Waals surface area contributed by atoms with Crippen LogP contribution in [0.5, 0.6) is 0 Å². The highest BCUT2D eigenvalue weighted by Crippen LogP contribution is 2.29. The minimum atomic E-state index is -0.345.